The van der Waals surface area contributed by atoms with Crippen molar-refractivity contribution in [2.45, 2.75) is 13.8 Å². The molecule has 0 aliphatic heterocycles. The predicted molar refractivity (Wildman–Crippen MR) is 55.9 cm³/mol. The van der Waals surface area contributed by atoms with Gasteiger partial charge >= 0.3 is 0 Å². The van der Waals surface area contributed by atoms with E-state index in [0.29, 0.717) is 10.8 Å². The Bertz CT molecular complexity index is 332. The molecule has 0 aliphatic rings. The number of nitrogens with zero attached hydrogens (tertiary/aromatic N) is 1. The van der Waals surface area contributed by atoms with Gasteiger partial charge in [0.25, 0.3) is 5.91 Å². The van der Waals surface area contributed by atoms with Crippen molar-refractivity contribution < 1.29 is 10.0 Å². The van der Waals surface area contributed by atoms with Gasteiger partial charge in [-0.2, -0.15) is 5.06 Å². The minimum atomic E-state index is -0.524. The topological polar surface area (TPSA) is 40.5 Å². The zero-order valence-corrected chi connectivity index (χ0v) is 8.88. The molecule has 1 aromatic carbocycles. The Morgan fingerprint density at radius 1 is 1.43 bits per heavy atom. The van der Waals surface area contributed by atoms with Crippen LogP contribution in [0.1, 0.15) is 11.1 Å². The van der Waals surface area contributed by atoms with Crippen LogP contribution in [-0.2, 0) is 4.79 Å². The number of hydrogen-bond acceptors (Lipinski definition) is 2. The molecule has 76 valence electrons. The number of benzene rings is 1. The van der Waals surface area contributed by atoms with Gasteiger partial charge in [0, 0.05) is 0 Å². The van der Waals surface area contributed by atoms with Crippen LogP contribution in [0.5, 0.6) is 0 Å². The number of hydroxylamine groups is 1. The van der Waals surface area contributed by atoms with E-state index in [4.69, 9.17) is 11.6 Å². The molecule has 1 aromatic rings. The molecule has 0 atom stereocenters. The summed E-state index contributed by atoms with van der Waals surface area (Å²) < 4.78 is 0. The lowest BCUT2D eigenvalue weighted by Gasteiger charge is -2.18. The van der Waals surface area contributed by atoms with Gasteiger partial charge in [0.2, 0.25) is 0 Å². The number of amides is 1. The second-order valence-electron chi connectivity index (χ2n) is 3.08. The van der Waals surface area contributed by atoms with Gasteiger partial charge in [-0.25, -0.2) is 0 Å². The van der Waals surface area contributed by atoms with Crippen molar-refractivity contribution in [1.29, 1.82) is 0 Å². The average Bonchev–Trinajstić information content (AvgIpc) is 2.16. The first-order chi connectivity index (χ1) is 6.57. The molecule has 0 aromatic heterocycles. The predicted octanol–water partition coefficient (Wildman–Crippen LogP) is 2.26. The molecule has 0 fully saturated rings. The van der Waals surface area contributed by atoms with E-state index in [1.165, 1.54) is 0 Å². The van der Waals surface area contributed by atoms with E-state index < -0.39 is 5.91 Å². The minimum absolute atomic E-state index is 0.232. The SMILES string of the molecule is Cc1cccc(C)c1N(O)C(=O)CCl. The Balaban J connectivity index is 3.11. The maximum atomic E-state index is 11.2. The van der Waals surface area contributed by atoms with Gasteiger partial charge in [-0.15, -0.1) is 11.6 Å². The molecule has 3 nitrogen and oxygen atoms in total. The molecule has 0 bridgehead atoms. The first-order valence-corrected chi connectivity index (χ1v) is 4.75. The maximum Gasteiger partial charge on any atom is 0.265 e. The van der Waals surface area contributed by atoms with Crippen LogP contribution in [0.4, 0.5) is 5.69 Å². The fraction of sp³-hybridized carbons (Fsp3) is 0.300. The third-order valence-corrected chi connectivity index (χ3v) is 2.23. The van der Waals surface area contributed by atoms with E-state index >= 15 is 0 Å². The van der Waals surface area contributed by atoms with Gasteiger partial charge in [0.15, 0.2) is 0 Å². The third-order valence-electron chi connectivity index (χ3n) is 2.00. The fourth-order valence-corrected chi connectivity index (χ4v) is 1.43. The van der Waals surface area contributed by atoms with Crippen molar-refractivity contribution in [3.8, 4) is 0 Å². The zero-order valence-electron chi connectivity index (χ0n) is 8.12. The number of aryl methyl sites for hydroxylation is 2. The third kappa shape index (κ3) is 2.05. The Hall–Kier alpha value is -1.06. The molecule has 14 heavy (non-hydrogen) atoms. The van der Waals surface area contributed by atoms with Crippen molar-refractivity contribution in [2.24, 2.45) is 0 Å². The minimum Gasteiger partial charge on any atom is -0.281 e. The molecular weight excluding hydrogens is 202 g/mol. The number of para-hydroxylation sites is 1. The number of carbonyl (C=O) groups is 1. The molecule has 4 heteroatoms. The van der Waals surface area contributed by atoms with Gasteiger partial charge in [0.05, 0.1) is 5.69 Å². The molecule has 1 N–H and O–H groups in total. The van der Waals surface area contributed by atoms with E-state index in [9.17, 15) is 10.0 Å². The molecule has 0 spiro atoms. The summed E-state index contributed by atoms with van der Waals surface area (Å²) in [5.41, 5.74) is 2.19. The average molecular weight is 214 g/mol. The highest BCUT2D eigenvalue weighted by atomic mass is 35.5. The highest BCUT2D eigenvalue weighted by Crippen LogP contribution is 2.23. The largest absolute Gasteiger partial charge is 0.281 e. The summed E-state index contributed by atoms with van der Waals surface area (Å²) in [7, 11) is 0. The number of anilines is 1. The van der Waals surface area contributed by atoms with Crippen LogP contribution >= 0.6 is 11.6 Å². The van der Waals surface area contributed by atoms with E-state index in [-0.39, 0.29) is 5.88 Å². The van der Waals surface area contributed by atoms with E-state index in [1.807, 2.05) is 32.0 Å². The monoisotopic (exact) mass is 213 g/mol. The lowest BCUT2D eigenvalue weighted by atomic mass is 10.1. The number of alkyl halides is 1. The maximum absolute atomic E-state index is 11.2. The first kappa shape index (κ1) is 11.0. The van der Waals surface area contributed by atoms with E-state index in [2.05, 4.69) is 0 Å². The normalized spacial score (nSPS) is 10.0. The number of rotatable bonds is 2. The molecule has 0 unspecified atom stereocenters. The molecule has 1 rings (SSSR count). The number of halogens is 1. The van der Waals surface area contributed by atoms with Crippen LogP contribution in [0.15, 0.2) is 18.2 Å². The fourth-order valence-electron chi connectivity index (χ4n) is 1.32. The van der Waals surface area contributed by atoms with Crippen molar-refractivity contribution in [1.82, 2.24) is 0 Å². The quantitative estimate of drug-likeness (QED) is 0.465. The van der Waals surface area contributed by atoms with E-state index in [0.717, 1.165) is 11.1 Å². The Morgan fingerprint density at radius 3 is 2.36 bits per heavy atom. The van der Waals surface area contributed by atoms with E-state index in [1.54, 1.807) is 0 Å². The highest BCUT2D eigenvalue weighted by molar-refractivity contribution is 6.29. The summed E-state index contributed by atoms with van der Waals surface area (Å²) in [5, 5.41) is 10.2. The lowest BCUT2D eigenvalue weighted by Crippen LogP contribution is -2.29. The molecule has 0 heterocycles. The molecule has 0 radical (unpaired) electrons. The summed E-state index contributed by atoms with van der Waals surface area (Å²) >= 11 is 5.35. The van der Waals surface area contributed by atoms with Gasteiger partial charge in [-0.05, 0) is 25.0 Å². The summed E-state index contributed by atoms with van der Waals surface area (Å²) in [6.45, 7) is 3.65. The summed E-state index contributed by atoms with van der Waals surface area (Å²) in [5.74, 6) is -0.756. The summed E-state index contributed by atoms with van der Waals surface area (Å²) in [6.07, 6.45) is 0. The number of hydrogen-bond donors (Lipinski definition) is 1. The first-order valence-electron chi connectivity index (χ1n) is 4.22. The summed E-state index contributed by atoms with van der Waals surface area (Å²) in [4.78, 5) is 11.2. The summed E-state index contributed by atoms with van der Waals surface area (Å²) in [6, 6.07) is 5.52. The molecule has 1 amide bonds. The van der Waals surface area contributed by atoms with Gasteiger partial charge in [0.1, 0.15) is 5.88 Å². The number of carbonyl (C=O) groups excluding carboxylic acids is 1. The van der Waals surface area contributed by atoms with Gasteiger partial charge in [-0.1, -0.05) is 18.2 Å². The second kappa shape index (κ2) is 4.44. The van der Waals surface area contributed by atoms with Crippen LogP contribution in [-0.4, -0.2) is 17.0 Å². The standard InChI is InChI=1S/C10H12ClNO2/c1-7-4-3-5-8(2)10(7)12(14)9(13)6-11/h3-5,14H,6H2,1-2H3. The van der Waals surface area contributed by atoms with Crippen LogP contribution in [0.3, 0.4) is 0 Å². The second-order valence-corrected chi connectivity index (χ2v) is 3.35. The highest BCUT2D eigenvalue weighted by Gasteiger charge is 2.15. The van der Waals surface area contributed by atoms with Crippen LogP contribution in [0.2, 0.25) is 0 Å². The van der Waals surface area contributed by atoms with Gasteiger partial charge in [-0.3, -0.25) is 10.0 Å². The van der Waals surface area contributed by atoms with Crippen LogP contribution in [0.25, 0.3) is 0 Å². The lowest BCUT2D eigenvalue weighted by molar-refractivity contribution is -0.121. The van der Waals surface area contributed by atoms with Crippen molar-refractivity contribution in [3.05, 3.63) is 29.3 Å². The molecule has 0 saturated heterocycles. The van der Waals surface area contributed by atoms with Crippen LogP contribution < -0.4 is 5.06 Å². The Kier molecular flexibility index (Phi) is 3.49. The zero-order chi connectivity index (χ0) is 10.7. The molecular formula is C10H12ClNO2. The Labute approximate surface area is 87.9 Å². The Morgan fingerprint density at radius 2 is 1.93 bits per heavy atom. The van der Waals surface area contributed by atoms with Crippen molar-refractivity contribution >= 4 is 23.2 Å². The smallest absolute Gasteiger partial charge is 0.265 e. The van der Waals surface area contributed by atoms with Crippen molar-refractivity contribution in [2.75, 3.05) is 10.9 Å². The molecule has 0 saturated carbocycles. The molecule has 0 aliphatic carbocycles. The van der Waals surface area contributed by atoms with Crippen LogP contribution in [0, 0.1) is 13.8 Å². The van der Waals surface area contributed by atoms with Crippen molar-refractivity contribution in [3.63, 3.8) is 0 Å². The van der Waals surface area contributed by atoms with Gasteiger partial charge < -0.3 is 0 Å².